The fraction of sp³-hybridized carbons (Fsp3) is 0.500. The van der Waals surface area contributed by atoms with Crippen molar-refractivity contribution in [1.82, 2.24) is 10.2 Å². The summed E-state index contributed by atoms with van der Waals surface area (Å²) in [7, 11) is 0. The van der Waals surface area contributed by atoms with E-state index in [1.807, 2.05) is 6.26 Å². The summed E-state index contributed by atoms with van der Waals surface area (Å²) in [6, 6.07) is 0. The summed E-state index contributed by atoms with van der Waals surface area (Å²) in [5.41, 5.74) is 2.44. The molecule has 1 heterocycles. The first kappa shape index (κ1) is 7.77. The second kappa shape index (κ2) is 3.75. The van der Waals surface area contributed by atoms with Gasteiger partial charge in [-0.3, -0.25) is 5.43 Å². The molecule has 0 unspecified atom stereocenters. The topological polar surface area (TPSA) is 63.8 Å². The van der Waals surface area contributed by atoms with Gasteiger partial charge in [0.15, 0.2) is 0 Å². The molecule has 6 heteroatoms. The van der Waals surface area contributed by atoms with Crippen LogP contribution in [0, 0.1) is 0 Å². The van der Waals surface area contributed by atoms with Gasteiger partial charge in [0.1, 0.15) is 5.01 Å². The van der Waals surface area contributed by atoms with Crippen molar-refractivity contribution in [2.75, 3.05) is 11.7 Å². The van der Waals surface area contributed by atoms with Crippen molar-refractivity contribution in [2.24, 2.45) is 5.84 Å². The minimum atomic E-state index is 0.670. The van der Waals surface area contributed by atoms with Crippen LogP contribution in [-0.4, -0.2) is 16.5 Å². The minimum Gasteiger partial charge on any atom is -0.298 e. The maximum atomic E-state index is 5.11. The Balaban J connectivity index is 2.59. The maximum absolute atomic E-state index is 5.11. The summed E-state index contributed by atoms with van der Waals surface area (Å²) in [5, 5.41) is 9.33. The zero-order chi connectivity index (χ0) is 7.40. The van der Waals surface area contributed by atoms with Gasteiger partial charge in [0.05, 0.1) is 0 Å². The van der Waals surface area contributed by atoms with Gasteiger partial charge in [-0.1, -0.05) is 11.3 Å². The number of hydrazine groups is 1. The first-order valence-corrected chi connectivity index (χ1v) is 4.85. The fourth-order valence-electron chi connectivity index (χ4n) is 0.494. The van der Waals surface area contributed by atoms with E-state index in [1.54, 1.807) is 11.8 Å². The van der Waals surface area contributed by atoms with E-state index >= 15 is 0 Å². The maximum Gasteiger partial charge on any atom is 0.219 e. The highest BCUT2D eigenvalue weighted by molar-refractivity contribution is 7.97. The summed E-state index contributed by atoms with van der Waals surface area (Å²) in [6.45, 7) is 0. The Morgan fingerprint density at radius 3 is 3.00 bits per heavy atom. The third-order valence-electron chi connectivity index (χ3n) is 0.858. The standard InChI is InChI=1S/C4H8N4S2/c1-9-2-3-7-8-4(6-5)10-3/h2,5H2,1H3,(H,6,8). The predicted octanol–water partition coefficient (Wildman–Crippen LogP) is 0.687. The highest BCUT2D eigenvalue weighted by Gasteiger charge is 1.99. The van der Waals surface area contributed by atoms with Crippen molar-refractivity contribution in [3.63, 3.8) is 0 Å². The molecule has 0 aliphatic rings. The Labute approximate surface area is 67.2 Å². The molecule has 1 aromatic heterocycles. The zero-order valence-electron chi connectivity index (χ0n) is 5.50. The van der Waals surface area contributed by atoms with Crippen molar-refractivity contribution in [3.8, 4) is 0 Å². The van der Waals surface area contributed by atoms with E-state index in [2.05, 4.69) is 15.6 Å². The number of anilines is 1. The smallest absolute Gasteiger partial charge is 0.219 e. The number of hydrogen-bond donors (Lipinski definition) is 2. The molecule has 10 heavy (non-hydrogen) atoms. The van der Waals surface area contributed by atoms with Gasteiger partial charge >= 0.3 is 0 Å². The molecular formula is C4H8N4S2. The summed E-state index contributed by atoms with van der Waals surface area (Å²) in [5.74, 6) is 6.01. The van der Waals surface area contributed by atoms with E-state index in [-0.39, 0.29) is 0 Å². The van der Waals surface area contributed by atoms with Crippen molar-refractivity contribution in [1.29, 1.82) is 0 Å². The number of nitrogens with one attached hydrogen (secondary N) is 1. The number of nitrogen functional groups attached to an aromatic ring is 1. The van der Waals surface area contributed by atoms with Crippen LogP contribution < -0.4 is 11.3 Å². The van der Waals surface area contributed by atoms with Crippen LogP contribution in [0.1, 0.15) is 5.01 Å². The van der Waals surface area contributed by atoms with E-state index < -0.39 is 0 Å². The van der Waals surface area contributed by atoms with Crippen LogP contribution >= 0.6 is 23.1 Å². The lowest BCUT2D eigenvalue weighted by molar-refractivity contribution is 1.03. The van der Waals surface area contributed by atoms with Crippen molar-refractivity contribution in [3.05, 3.63) is 5.01 Å². The molecule has 1 aromatic rings. The SMILES string of the molecule is CSCc1nnc(NN)s1. The first-order valence-electron chi connectivity index (χ1n) is 2.64. The van der Waals surface area contributed by atoms with Crippen LogP contribution in [0.5, 0.6) is 0 Å². The van der Waals surface area contributed by atoms with Gasteiger partial charge in [0.25, 0.3) is 0 Å². The van der Waals surface area contributed by atoms with Crippen molar-refractivity contribution >= 4 is 28.2 Å². The van der Waals surface area contributed by atoms with Crippen LogP contribution in [0.15, 0.2) is 0 Å². The number of rotatable bonds is 3. The molecular weight excluding hydrogens is 168 g/mol. The molecule has 0 aliphatic carbocycles. The number of aromatic nitrogens is 2. The average molecular weight is 176 g/mol. The molecule has 0 amide bonds. The van der Waals surface area contributed by atoms with Gasteiger partial charge in [-0.2, -0.15) is 11.8 Å². The van der Waals surface area contributed by atoms with Gasteiger partial charge in [0.2, 0.25) is 5.13 Å². The normalized spacial score (nSPS) is 9.80. The average Bonchev–Trinajstić information content (AvgIpc) is 2.37. The van der Waals surface area contributed by atoms with E-state index in [0.717, 1.165) is 10.8 Å². The van der Waals surface area contributed by atoms with Crippen LogP contribution in [0.2, 0.25) is 0 Å². The lowest BCUT2D eigenvalue weighted by Gasteiger charge is -1.85. The molecule has 56 valence electrons. The lowest BCUT2D eigenvalue weighted by Crippen LogP contribution is -2.05. The molecule has 0 aromatic carbocycles. The Hall–Kier alpha value is -0.330. The molecule has 0 radical (unpaired) electrons. The third-order valence-corrected chi connectivity index (χ3v) is 2.46. The minimum absolute atomic E-state index is 0.670. The Morgan fingerprint density at radius 1 is 1.70 bits per heavy atom. The number of nitrogens with zero attached hydrogens (tertiary/aromatic N) is 2. The second-order valence-corrected chi connectivity index (χ2v) is 3.51. The van der Waals surface area contributed by atoms with E-state index in [0.29, 0.717) is 5.13 Å². The molecule has 4 nitrogen and oxygen atoms in total. The lowest BCUT2D eigenvalue weighted by atomic mass is 10.9. The Bertz CT molecular complexity index is 199. The fourth-order valence-corrected chi connectivity index (χ4v) is 1.83. The summed E-state index contributed by atoms with van der Waals surface area (Å²) in [4.78, 5) is 0. The van der Waals surface area contributed by atoms with E-state index in [9.17, 15) is 0 Å². The predicted molar refractivity (Wildman–Crippen MR) is 44.9 cm³/mol. The molecule has 0 atom stereocenters. The van der Waals surface area contributed by atoms with Gasteiger partial charge in [-0.25, -0.2) is 5.84 Å². The molecule has 3 N–H and O–H groups in total. The van der Waals surface area contributed by atoms with Crippen molar-refractivity contribution in [2.45, 2.75) is 5.75 Å². The quantitative estimate of drug-likeness (QED) is 0.524. The van der Waals surface area contributed by atoms with Gasteiger partial charge in [0, 0.05) is 5.75 Å². The van der Waals surface area contributed by atoms with E-state index in [1.165, 1.54) is 11.3 Å². The van der Waals surface area contributed by atoms with Crippen molar-refractivity contribution < 1.29 is 0 Å². The Morgan fingerprint density at radius 2 is 2.50 bits per heavy atom. The highest BCUT2D eigenvalue weighted by atomic mass is 32.2. The van der Waals surface area contributed by atoms with Crippen LogP contribution in [0.4, 0.5) is 5.13 Å². The second-order valence-electron chi connectivity index (χ2n) is 1.58. The van der Waals surface area contributed by atoms with Crippen LogP contribution in [-0.2, 0) is 5.75 Å². The van der Waals surface area contributed by atoms with Gasteiger partial charge < -0.3 is 0 Å². The number of hydrogen-bond acceptors (Lipinski definition) is 6. The molecule has 0 saturated carbocycles. The third kappa shape index (κ3) is 1.83. The molecule has 1 rings (SSSR count). The van der Waals surface area contributed by atoms with Gasteiger partial charge in [-0.05, 0) is 6.26 Å². The molecule has 0 spiro atoms. The highest BCUT2D eigenvalue weighted by Crippen LogP contribution is 2.17. The zero-order valence-corrected chi connectivity index (χ0v) is 7.13. The van der Waals surface area contributed by atoms with Gasteiger partial charge in [-0.15, -0.1) is 10.2 Å². The largest absolute Gasteiger partial charge is 0.298 e. The van der Waals surface area contributed by atoms with Crippen LogP contribution in [0.25, 0.3) is 0 Å². The van der Waals surface area contributed by atoms with E-state index in [4.69, 9.17) is 5.84 Å². The number of thioether (sulfide) groups is 1. The molecule has 0 bridgehead atoms. The summed E-state index contributed by atoms with van der Waals surface area (Å²) < 4.78 is 0. The number of nitrogens with two attached hydrogens (primary N) is 1. The summed E-state index contributed by atoms with van der Waals surface area (Å²) >= 11 is 3.20. The van der Waals surface area contributed by atoms with Crippen LogP contribution in [0.3, 0.4) is 0 Å². The molecule has 0 aliphatic heterocycles. The summed E-state index contributed by atoms with van der Waals surface area (Å²) in [6.07, 6.45) is 2.02. The Kier molecular flexibility index (Phi) is 2.91. The first-order chi connectivity index (χ1) is 4.86. The molecule has 0 saturated heterocycles. The monoisotopic (exact) mass is 176 g/mol. The molecule has 0 fully saturated rings.